The molecule has 0 fully saturated rings. The van der Waals surface area contributed by atoms with Gasteiger partial charge in [0, 0.05) is 5.88 Å². The van der Waals surface area contributed by atoms with E-state index in [0.717, 1.165) is 0 Å². The topological polar surface area (TPSA) is 9.23 Å². The van der Waals surface area contributed by atoms with E-state index in [9.17, 15) is 0 Å². The van der Waals surface area contributed by atoms with Crippen molar-refractivity contribution in [3.05, 3.63) is 85.0 Å². The number of halogens is 1. The summed E-state index contributed by atoms with van der Waals surface area (Å²) < 4.78 is 6.73. The minimum Gasteiger partial charge on any atom is -0.404 e. The first-order valence-corrected chi connectivity index (χ1v) is 11.1. The summed E-state index contributed by atoms with van der Waals surface area (Å²) in [6.07, 6.45) is 7.94. The van der Waals surface area contributed by atoms with Gasteiger partial charge in [-0.25, -0.2) is 0 Å². The van der Waals surface area contributed by atoms with Crippen LogP contribution in [0.3, 0.4) is 0 Å². The summed E-state index contributed by atoms with van der Waals surface area (Å²) in [6.45, 7) is 7.45. The number of allylic oxidation sites excluding steroid dienone is 3. The molecule has 25 heavy (non-hydrogen) atoms. The molecule has 0 saturated carbocycles. The molecule has 0 spiro atoms. The van der Waals surface area contributed by atoms with Crippen LogP contribution in [0.25, 0.3) is 0 Å². The predicted molar refractivity (Wildman–Crippen MR) is 113 cm³/mol. The van der Waals surface area contributed by atoms with Crippen LogP contribution in [0.4, 0.5) is 0 Å². The Morgan fingerprint density at radius 2 is 1.32 bits per heavy atom. The van der Waals surface area contributed by atoms with Crippen LogP contribution in [-0.2, 0) is 4.43 Å². The molecule has 0 N–H and O–H groups in total. The van der Waals surface area contributed by atoms with E-state index in [1.54, 1.807) is 0 Å². The van der Waals surface area contributed by atoms with Crippen molar-refractivity contribution in [1.29, 1.82) is 0 Å². The highest BCUT2D eigenvalue weighted by Crippen LogP contribution is 2.36. The average molecular weight is 371 g/mol. The third kappa shape index (κ3) is 4.72. The molecule has 2 aromatic rings. The second kappa shape index (κ2) is 9.19. The van der Waals surface area contributed by atoms with Crippen LogP contribution in [0, 0.1) is 0 Å². The zero-order valence-electron chi connectivity index (χ0n) is 15.3. The lowest BCUT2D eigenvalue weighted by molar-refractivity contribution is 0.339. The molecule has 0 aliphatic heterocycles. The SMILES string of the molecule is CC(C)(C)[Si](OCC=CC=CCCl)(c1ccccc1)c1ccccc1. The molecule has 0 amide bonds. The van der Waals surface area contributed by atoms with Gasteiger partial charge >= 0.3 is 0 Å². The maximum Gasteiger partial charge on any atom is 0.261 e. The van der Waals surface area contributed by atoms with Gasteiger partial charge in [-0.05, 0) is 15.4 Å². The Hall–Kier alpha value is -1.61. The van der Waals surface area contributed by atoms with E-state index in [1.165, 1.54) is 10.4 Å². The molecule has 0 bridgehead atoms. The number of alkyl halides is 1. The highest BCUT2D eigenvalue weighted by atomic mass is 35.5. The lowest BCUT2D eigenvalue weighted by Crippen LogP contribution is -2.66. The van der Waals surface area contributed by atoms with Gasteiger partial charge in [-0.15, -0.1) is 11.6 Å². The Morgan fingerprint density at radius 3 is 1.76 bits per heavy atom. The number of hydrogen-bond acceptors (Lipinski definition) is 1. The minimum atomic E-state index is -2.42. The van der Waals surface area contributed by atoms with E-state index in [0.29, 0.717) is 12.5 Å². The quantitative estimate of drug-likeness (QED) is 0.382. The van der Waals surface area contributed by atoms with Crippen molar-refractivity contribution in [2.75, 3.05) is 12.5 Å². The molecule has 0 heterocycles. The Bertz CT molecular complexity index is 647. The Balaban J connectivity index is 2.46. The van der Waals surface area contributed by atoms with Crippen molar-refractivity contribution in [1.82, 2.24) is 0 Å². The first-order valence-electron chi connectivity index (χ1n) is 8.65. The highest BCUT2D eigenvalue weighted by molar-refractivity contribution is 6.99. The zero-order chi connectivity index (χ0) is 18.2. The summed E-state index contributed by atoms with van der Waals surface area (Å²) in [7, 11) is -2.42. The van der Waals surface area contributed by atoms with Crippen molar-refractivity contribution in [2.24, 2.45) is 0 Å². The summed E-state index contributed by atoms with van der Waals surface area (Å²) in [5.41, 5.74) is 0. The maximum atomic E-state index is 6.73. The van der Waals surface area contributed by atoms with Crippen LogP contribution >= 0.6 is 11.6 Å². The minimum absolute atomic E-state index is 0.00945. The van der Waals surface area contributed by atoms with Crippen molar-refractivity contribution < 1.29 is 4.43 Å². The molecule has 132 valence electrons. The van der Waals surface area contributed by atoms with Crippen LogP contribution in [0.5, 0.6) is 0 Å². The van der Waals surface area contributed by atoms with Crippen LogP contribution in [0.2, 0.25) is 5.04 Å². The van der Waals surface area contributed by atoms with E-state index >= 15 is 0 Å². The summed E-state index contributed by atoms with van der Waals surface area (Å²) in [4.78, 5) is 0. The largest absolute Gasteiger partial charge is 0.404 e. The molecule has 0 radical (unpaired) electrons. The fraction of sp³-hybridized carbons (Fsp3) is 0.273. The van der Waals surface area contributed by atoms with Gasteiger partial charge < -0.3 is 4.43 Å². The molecule has 0 saturated heterocycles. The predicted octanol–water partition coefficient (Wildman–Crippen LogP) is 4.91. The van der Waals surface area contributed by atoms with Crippen molar-refractivity contribution >= 4 is 30.3 Å². The van der Waals surface area contributed by atoms with Crippen molar-refractivity contribution in [3.8, 4) is 0 Å². The molecule has 0 aliphatic rings. The highest BCUT2D eigenvalue weighted by Gasteiger charge is 2.49. The lowest BCUT2D eigenvalue weighted by atomic mass is 10.2. The number of benzene rings is 2. The average Bonchev–Trinajstić information content (AvgIpc) is 2.62. The van der Waals surface area contributed by atoms with Crippen molar-refractivity contribution in [2.45, 2.75) is 25.8 Å². The molecule has 2 aromatic carbocycles. The zero-order valence-corrected chi connectivity index (χ0v) is 17.0. The number of hydrogen-bond donors (Lipinski definition) is 0. The van der Waals surface area contributed by atoms with Gasteiger partial charge in [0.2, 0.25) is 0 Å². The third-order valence-electron chi connectivity index (χ3n) is 4.29. The van der Waals surface area contributed by atoms with E-state index in [4.69, 9.17) is 16.0 Å². The van der Waals surface area contributed by atoms with Crippen molar-refractivity contribution in [3.63, 3.8) is 0 Å². The van der Waals surface area contributed by atoms with Crippen LogP contribution < -0.4 is 10.4 Å². The molecule has 0 unspecified atom stereocenters. The van der Waals surface area contributed by atoms with E-state index in [2.05, 4.69) is 87.5 Å². The van der Waals surface area contributed by atoms with Gasteiger partial charge in [-0.3, -0.25) is 0 Å². The molecular weight excluding hydrogens is 344 g/mol. The molecule has 0 aromatic heterocycles. The lowest BCUT2D eigenvalue weighted by Gasteiger charge is -2.42. The molecule has 1 nitrogen and oxygen atoms in total. The fourth-order valence-electron chi connectivity index (χ4n) is 3.20. The number of rotatable bonds is 7. The third-order valence-corrected chi connectivity index (χ3v) is 9.47. The molecule has 0 atom stereocenters. The van der Waals surface area contributed by atoms with Gasteiger partial charge in [0.1, 0.15) is 0 Å². The first-order chi connectivity index (χ1) is 12.0. The van der Waals surface area contributed by atoms with Gasteiger partial charge in [0.15, 0.2) is 0 Å². The molecular formula is C22H27ClOSi. The van der Waals surface area contributed by atoms with Gasteiger partial charge in [0.05, 0.1) is 6.61 Å². The Kier molecular flexibility index (Phi) is 7.24. The summed E-state index contributed by atoms with van der Waals surface area (Å²) >= 11 is 5.66. The maximum absolute atomic E-state index is 6.73. The standard InChI is InChI=1S/C22H27ClOSi/c1-22(2,3)25(20-14-8-6-9-15-20,21-16-10-7-11-17-21)24-19-13-5-4-12-18-23/h4-17H,18-19H2,1-3H3. The van der Waals surface area contributed by atoms with Gasteiger partial charge in [-0.2, -0.15) is 0 Å². The smallest absolute Gasteiger partial charge is 0.261 e. The second-order valence-electron chi connectivity index (χ2n) is 6.98. The first kappa shape index (κ1) is 19.7. The van der Waals surface area contributed by atoms with Crippen LogP contribution in [0.15, 0.2) is 85.0 Å². The van der Waals surface area contributed by atoms with Crippen LogP contribution in [-0.4, -0.2) is 20.8 Å². The van der Waals surface area contributed by atoms with E-state index in [1.807, 2.05) is 18.2 Å². The summed E-state index contributed by atoms with van der Waals surface area (Å²) in [5, 5.41) is 2.62. The Morgan fingerprint density at radius 1 is 0.840 bits per heavy atom. The van der Waals surface area contributed by atoms with Gasteiger partial charge in [-0.1, -0.05) is 106 Å². The van der Waals surface area contributed by atoms with E-state index in [-0.39, 0.29) is 5.04 Å². The molecule has 0 aliphatic carbocycles. The second-order valence-corrected chi connectivity index (χ2v) is 11.6. The van der Waals surface area contributed by atoms with E-state index < -0.39 is 8.32 Å². The molecule has 2 rings (SSSR count). The fourth-order valence-corrected chi connectivity index (χ4v) is 7.80. The Labute approximate surface area is 158 Å². The summed E-state index contributed by atoms with van der Waals surface area (Å²) in [6, 6.07) is 21.4. The normalized spacial score (nSPS) is 13.0. The van der Waals surface area contributed by atoms with Crippen LogP contribution in [0.1, 0.15) is 20.8 Å². The molecule has 3 heteroatoms. The summed E-state index contributed by atoms with van der Waals surface area (Å²) in [5.74, 6) is 0.528. The van der Waals surface area contributed by atoms with Gasteiger partial charge in [0.25, 0.3) is 8.32 Å². The monoisotopic (exact) mass is 370 g/mol.